The molecule has 2 nitrogen and oxygen atoms in total. The van der Waals surface area contributed by atoms with Gasteiger partial charge in [-0.2, -0.15) is 0 Å². The lowest BCUT2D eigenvalue weighted by Gasteiger charge is -2.07. The fraction of sp³-hybridized carbons (Fsp3) is 0.357. The maximum absolute atomic E-state index is 11.7. The highest BCUT2D eigenvalue weighted by Gasteiger charge is 2.04. The van der Waals surface area contributed by atoms with Crippen LogP contribution in [0.25, 0.3) is 6.08 Å². The van der Waals surface area contributed by atoms with E-state index in [0.29, 0.717) is 5.92 Å². The topological polar surface area (TPSA) is 29.1 Å². The normalized spacial score (nSPS) is 11.6. The van der Waals surface area contributed by atoms with Crippen molar-refractivity contribution in [1.82, 2.24) is 5.32 Å². The van der Waals surface area contributed by atoms with Gasteiger partial charge in [-0.1, -0.05) is 44.2 Å². The van der Waals surface area contributed by atoms with Gasteiger partial charge in [-0.25, -0.2) is 0 Å². The maximum atomic E-state index is 11.7. The molecule has 0 unspecified atom stereocenters. The van der Waals surface area contributed by atoms with E-state index < -0.39 is 0 Å². The minimum Gasteiger partial charge on any atom is -0.352 e. The van der Waals surface area contributed by atoms with E-state index in [9.17, 15) is 4.79 Å². The van der Waals surface area contributed by atoms with Gasteiger partial charge in [0.05, 0.1) is 0 Å². The molecule has 0 aliphatic heterocycles. The predicted molar refractivity (Wildman–Crippen MR) is 67.9 cm³/mol. The molecule has 0 aliphatic carbocycles. The molecule has 1 rings (SSSR count). The average Bonchev–Trinajstić information content (AvgIpc) is 2.27. The first kappa shape index (κ1) is 12.5. The lowest BCUT2D eigenvalue weighted by Crippen LogP contribution is -2.27. The summed E-state index contributed by atoms with van der Waals surface area (Å²) in [5.41, 5.74) is 1.80. The lowest BCUT2D eigenvalue weighted by molar-refractivity contribution is -0.117. The largest absolute Gasteiger partial charge is 0.352 e. The molecule has 0 heterocycles. The highest BCUT2D eigenvalue weighted by molar-refractivity contribution is 5.97. The van der Waals surface area contributed by atoms with Crippen molar-refractivity contribution in [1.29, 1.82) is 0 Å². The van der Waals surface area contributed by atoms with Gasteiger partial charge >= 0.3 is 0 Å². The fourth-order valence-corrected chi connectivity index (χ4v) is 1.30. The average molecular weight is 217 g/mol. The molecule has 0 radical (unpaired) electrons. The summed E-state index contributed by atoms with van der Waals surface area (Å²) in [6.07, 6.45) is 1.90. The second kappa shape index (κ2) is 6.11. The number of amides is 1. The minimum atomic E-state index is 0.0116. The Morgan fingerprint density at radius 3 is 2.50 bits per heavy atom. The van der Waals surface area contributed by atoms with Crippen LogP contribution in [0.4, 0.5) is 0 Å². The molecule has 86 valence electrons. The predicted octanol–water partition coefficient (Wildman–Crippen LogP) is 2.86. The van der Waals surface area contributed by atoms with Crippen LogP contribution in [0.5, 0.6) is 0 Å². The van der Waals surface area contributed by atoms with Gasteiger partial charge in [-0.05, 0) is 24.5 Å². The Morgan fingerprint density at radius 1 is 1.31 bits per heavy atom. The Kier molecular flexibility index (Phi) is 4.77. The maximum Gasteiger partial charge on any atom is 0.246 e. The molecule has 0 saturated heterocycles. The van der Waals surface area contributed by atoms with Gasteiger partial charge in [0.15, 0.2) is 0 Å². The summed E-state index contributed by atoms with van der Waals surface area (Å²) in [5, 5.41) is 2.89. The number of carbonyl (C=O) groups excluding carboxylic acids is 1. The molecule has 0 saturated carbocycles. The molecule has 16 heavy (non-hydrogen) atoms. The number of rotatable bonds is 4. The van der Waals surface area contributed by atoms with Crippen LogP contribution in [0.15, 0.2) is 35.9 Å². The van der Waals surface area contributed by atoms with Crippen molar-refractivity contribution >= 4 is 12.0 Å². The van der Waals surface area contributed by atoms with Gasteiger partial charge < -0.3 is 5.32 Å². The third kappa shape index (κ3) is 4.30. The minimum absolute atomic E-state index is 0.0116. The van der Waals surface area contributed by atoms with Gasteiger partial charge in [-0.3, -0.25) is 4.79 Å². The molecule has 2 heteroatoms. The third-order valence-electron chi connectivity index (χ3n) is 2.21. The summed E-state index contributed by atoms with van der Waals surface area (Å²) < 4.78 is 0. The first-order valence-corrected chi connectivity index (χ1v) is 5.61. The Hall–Kier alpha value is -1.57. The quantitative estimate of drug-likeness (QED) is 0.772. The molecule has 0 aromatic heterocycles. The number of hydrogen-bond donors (Lipinski definition) is 1. The SMILES string of the molecule is C/C(=C\c1ccccc1)C(=O)NCC(C)C. The van der Waals surface area contributed by atoms with Gasteiger partial charge in [0, 0.05) is 12.1 Å². The van der Waals surface area contributed by atoms with Crippen LogP contribution >= 0.6 is 0 Å². The molecule has 1 N–H and O–H groups in total. The van der Waals surface area contributed by atoms with Gasteiger partial charge in [-0.15, -0.1) is 0 Å². The van der Waals surface area contributed by atoms with E-state index in [0.717, 1.165) is 17.7 Å². The Labute approximate surface area is 97.4 Å². The molecule has 1 amide bonds. The highest BCUT2D eigenvalue weighted by atomic mass is 16.1. The summed E-state index contributed by atoms with van der Waals surface area (Å²) >= 11 is 0. The summed E-state index contributed by atoms with van der Waals surface area (Å²) in [5.74, 6) is 0.492. The van der Waals surface area contributed by atoms with E-state index in [1.54, 1.807) is 0 Å². The zero-order chi connectivity index (χ0) is 12.0. The van der Waals surface area contributed by atoms with Gasteiger partial charge in [0.2, 0.25) is 5.91 Å². The van der Waals surface area contributed by atoms with Gasteiger partial charge in [0.25, 0.3) is 0 Å². The van der Waals surface area contributed by atoms with E-state index >= 15 is 0 Å². The van der Waals surface area contributed by atoms with Crippen LogP contribution in [0, 0.1) is 5.92 Å². The van der Waals surface area contributed by atoms with Gasteiger partial charge in [0.1, 0.15) is 0 Å². The zero-order valence-corrected chi connectivity index (χ0v) is 10.2. The Morgan fingerprint density at radius 2 is 1.94 bits per heavy atom. The summed E-state index contributed by atoms with van der Waals surface area (Å²) in [7, 11) is 0. The number of hydrogen-bond acceptors (Lipinski definition) is 1. The summed E-state index contributed by atoms with van der Waals surface area (Å²) in [6.45, 7) is 6.72. The molecule has 0 atom stereocenters. The second-order valence-electron chi connectivity index (χ2n) is 4.34. The molecule has 1 aromatic carbocycles. The number of nitrogens with one attached hydrogen (secondary N) is 1. The van der Waals surface area contributed by atoms with Crippen molar-refractivity contribution in [2.24, 2.45) is 5.92 Å². The van der Waals surface area contributed by atoms with Crippen molar-refractivity contribution in [3.05, 3.63) is 41.5 Å². The van der Waals surface area contributed by atoms with Crippen molar-refractivity contribution < 1.29 is 4.79 Å². The number of carbonyl (C=O) groups is 1. The Bertz CT molecular complexity index is 366. The van der Waals surface area contributed by atoms with E-state index in [1.165, 1.54) is 0 Å². The zero-order valence-electron chi connectivity index (χ0n) is 10.2. The molecule has 1 aromatic rings. The van der Waals surface area contributed by atoms with E-state index in [2.05, 4.69) is 19.2 Å². The third-order valence-corrected chi connectivity index (χ3v) is 2.21. The molecule has 0 bridgehead atoms. The fourth-order valence-electron chi connectivity index (χ4n) is 1.30. The first-order valence-electron chi connectivity index (χ1n) is 5.61. The number of benzene rings is 1. The first-order chi connectivity index (χ1) is 7.59. The van der Waals surface area contributed by atoms with Crippen LogP contribution in [0.2, 0.25) is 0 Å². The van der Waals surface area contributed by atoms with Crippen molar-refractivity contribution in [2.45, 2.75) is 20.8 Å². The van der Waals surface area contributed by atoms with Crippen LogP contribution in [0.1, 0.15) is 26.3 Å². The lowest BCUT2D eigenvalue weighted by atomic mass is 10.1. The highest BCUT2D eigenvalue weighted by Crippen LogP contribution is 2.06. The van der Waals surface area contributed by atoms with E-state index in [-0.39, 0.29) is 5.91 Å². The molecule has 0 aliphatic rings. The standard InChI is InChI=1S/C14H19NO/c1-11(2)10-15-14(16)12(3)9-13-7-5-4-6-8-13/h4-9,11H,10H2,1-3H3,(H,15,16)/b12-9+. The van der Waals surface area contributed by atoms with Crippen molar-refractivity contribution in [3.63, 3.8) is 0 Å². The smallest absolute Gasteiger partial charge is 0.246 e. The van der Waals surface area contributed by atoms with Crippen LogP contribution in [0.3, 0.4) is 0 Å². The summed E-state index contributed by atoms with van der Waals surface area (Å²) in [6, 6.07) is 9.86. The molecule has 0 fully saturated rings. The second-order valence-corrected chi connectivity index (χ2v) is 4.34. The Balaban J connectivity index is 2.60. The van der Waals surface area contributed by atoms with Crippen LogP contribution in [-0.4, -0.2) is 12.5 Å². The molecular weight excluding hydrogens is 198 g/mol. The summed E-state index contributed by atoms with van der Waals surface area (Å²) in [4.78, 5) is 11.7. The van der Waals surface area contributed by atoms with Crippen molar-refractivity contribution in [3.8, 4) is 0 Å². The van der Waals surface area contributed by atoms with E-state index in [4.69, 9.17) is 0 Å². The monoisotopic (exact) mass is 217 g/mol. The van der Waals surface area contributed by atoms with Crippen LogP contribution < -0.4 is 5.32 Å². The van der Waals surface area contributed by atoms with Crippen LogP contribution in [-0.2, 0) is 4.79 Å². The van der Waals surface area contributed by atoms with Crippen molar-refractivity contribution in [2.75, 3.05) is 6.54 Å². The molecular formula is C14H19NO. The van der Waals surface area contributed by atoms with E-state index in [1.807, 2.05) is 43.3 Å². The molecule has 0 spiro atoms.